The molecule has 1 aliphatic heterocycles. The highest BCUT2D eigenvalue weighted by atomic mass is 127. The molecule has 3 rings (SSSR count). The van der Waals surface area contributed by atoms with Crippen LogP contribution in [0.1, 0.15) is 11.1 Å². The lowest BCUT2D eigenvalue weighted by atomic mass is 10.1. The quantitative estimate of drug-likeness (QED) is 0.247. The van der Waals surface area contributed by atoms with Gasteiger partial charge in [-0.15, -0.1) is 0 Å². The van der Waals surface area contributed by atoms with Crippen LogP contribution >= 0.6 is 58.0 Å². The van der Waals surface area contributed by atoms with Crippen LogP contribution in [0.4, 0.5) is 0 Å². The summed E-state index contributed by atoms with van der Waals surface area (Å²) in [6, 6.07) is 8.63. The highest BCUT2D eigenvalue weighted by Crippen LogP contribution is 2.36. The van der Waals surface area contributed by atoms with Crippen LogP contribution in [0, 0.1) is 3.57 Å². The summed E-state index contributed by atoms with van der Waals surface area (Å²) in [5.41, 5.74) is 1.35. The number of carbonyl (C=O) groups excluding carboxylic acids is 2. The molecule has 10 heteroatoms. The van der Waals surface area contributed by atoms with E-state index < -0.39 is 11.8 Å². The highest BCUT2D eigenvalue weighted by Gasteiger charge is 2.30. The lowest BCUT2D eigenvalue weighted by Crippen LogP contribution is -2.52. The van der Waals surface area contributed by atoms with Crippen molar-refractivity contribution >= 4 is 81.0 Å². The second-order valence-electron chi connectivity index (χ2n) is 6.24. The first-order valence-corrected chi connectivity index (χ1v) is 10.7. The van der Waals surface area contributed by atoms with Crippen molar-refractivity contribution < 1.29 is 19.1 Å². The Kier molecular flexibility index (Phi) is 7.22. The number of nitrogens with one attached hydrogen (secondary N) is 1. The molecule has 0 spiro atoms. The van der Waals surface area contributed by atoms with E-state index in [2.05, 4.69) is 27.9 Å². The minimum absolute atomic E-state index is 0.0226. The third-order valence-electron chi connectivity index (χ3n) is 4.25. The van der Waals surface area contributed by atoms with E-state index in [1.165, 1.54) is 25.1 Å². The number of thiocarbonyl (C=S) groups is 1. The number of likely N-dealkylation sites (N-methyl/N-ethyl adjacent to an activating group) is 1. The Hall–Kier alpha value is -1.88. The molecule has 2 aromatic rings. The van der Waals surface area contributed by atoms with Gasteiger partial charge in [-0.3, -0.25) is 19.8 Å². The summed E-state index contributed by atoms with van der Waals surface area (Å²) in [6.45, 7) is 0.214. The Morgan fingerprint density at radius 3 is 2.63 bits per heavy atom. The summed E-state index contributed by atoms with van der Waals surface area (Å²) >= 11 is 19.2. The van der Waals surface area contributed by atoms with Crippen LogP contribution in [0.2, 0.25) is 10.0 Å². The minimum atomic E-state index is -0.546. The number of carbonyl (C=O) groups is 2. The second kappa shape index (κ2) is 9.51. The van der Waals surface area contributed by atoms with Crippen molar-refractivity contribution in [3.05, 3.63) is 60.6 Å². The molecule has 0 aliphatic carbocycles. The topological polar surface area (TPSA) is 67.9 Å². The van der Waals surface area contributed by atoms with E-state index in [9.17, 15) is 9.59 Å². The molecule has 30 heavy (non-hydrogen) atoms. The van der Waals surface area contributed by atoms with E-state index in [1.54, 1.807) is 30.3 Å². The number of nitrogens with zero attached hydrogens (tertiary/aromatic N) is 1. The molecule has 0 bridgehead atoms. The smallest absolute Gasteiger partial charge is 0.265 e. The lowest BCUT2D eigenvalue weighted by molar-refractivity contribution is -0.128. The fourth-order valence-corrected chi connectivity index (χ4v) is 4.08. The minimum Gasteiger partial charge on any atom is -0.493 e. The van der Waals surface area contributed by atoms with Gasteiger partial charge in [0.2, 0.25) is 0 Å². The standard InChI is InChI=1S/C20H15Cl2IN2O4S/c1-25-19(27)13(18(26)24-20(25)30)5-10-6-15(23)17(16(7-10)28-2)29-9-11-3-4-12(21)8-14(11)22/h3-8H,9H2,1-2H3,(H,24,26,30)/b13-5+. The number of halogens is 3. The van der Waals surface area contributed by atoms with Crippen molar-refractivity contribution in [1.82, 2.24) is 10.2 Å². The molecule has 156 valence electrons. The molecule has 1 saturated heterocycles. The molecule has 0 unspecified atom stereocenters. The Bertz CT molecular complexity index is 1090. The van der Waals surface area contributed by atoms with Crippen LogP contribution in [-0.4, -0.2) is 36.0 Å². The largest absolute Gasteiger partial charge is 0.493 e. The lowest BCUT2D eigenvalue weighted by Gasteiger charge is -2.25. The van der Waals surface area contributed by atoms with Crippen LogP contribution in [0.5, 0.6) is 11.5 Å². The van der Waals surface area contributed by atoms with Crippen LogP contribution in [0.15, 0.2) is 35.9 Å². The third kappa shape index (κ3) is 4.88. The van der Waals surface area contributed by atoms with E-state index in [1.807, 2.05) is 0 Å². The van der Waals surface area contributed by atoms with Crippen LogP contribution in [0.3, 0.4) is 0 Å². The fourth-order valence-electron chi connectivity index (χ4n) is 2.66. The Morgan fingerprint density at radius 1 is 1.23 bits per heavy atom. The van der Waals surface area contributed by atoms with Crippen molar-refractivity contribution in [2.75, 3.05) is 14.2 Å². The maximum Gasteiger partial charge on any atom is 0.265 e. The SMILES string of the molecule is COc1cc(/C=C2\C(=O)NC(=S)N(C)C2=O)cc(I)c1OCc1ccc(Cl)cc1Cl. The average molecular weight is 577 g/mol. The zero-order valence-corrected chi connectivity index (χ0v) is 20.3. The molecule has 1 aliphatic rings. The Labute approximate surface area is 202 Å². The molecule has 6 nitrogen and oxygen atoms in total. The van der Waals surface area contributed by atoms with Gasteiger partial charge in [0.25, 0.3) is 11.8 Å². The first-order chi connectivity index (χ1) is 14.2. The number of rotatable bonds is 5. The first kappa shape index (κ1) is 22.8. The van der Waals surface area contributed by atoms with Crippen LogP contribution in [0.25, 0.3) is 6.08 Å². The van der Waals surface area contributed by atoms with Gasteiger partial charge in [-0.1, -0.05) is 29.3 Å². The molecule has 1 N–H and O–H groups in total. The van der Waals surface area contributed by atoms with Crippen LogP contribution < -0.4 is 14.8 Å². The van der Waals surface area contributed by atoms with Crippen molar-refractivity contribution in [2.45, 2.75) is 6.61 Å². The van der Waals surface area contributed by atoms with E-state index in [4.69, 9.17) is 44.9 Å². The van der Waals surface area contributed by atoms with Crippen molar-refractivity contribution in [3.63, 3.8) is 0 Å². The number of hydrogen-bond acceptors (Lipinski definition) is 5. The van der Waals surface area contributed by atoms with Gasteiger partial charge in [0.05, 0.1) is 10.7 Å². The van der Waals surface area contributed by atoms with Crippen molar-refractivity contribution in [2.24, 2.45) is 0 Å². The summed E-state index contributed by atoms with van der Waals surface area (Å²) in [5.74, 6) is -0.0550. The number of methoxy groups -OCH3 is 1. The number of hydrogen-bond donors (Lipinski definition) is 1. The van der Waals surface area contributed by atoms with E-state index in [-0.39, 0.29) is 17.3 Å². The van der Waals surface area contributed by atoms with Gasteiger partial charge in [0, 0.05) is 22.7 Å². The predicted octanol–water partition coefficient (Wildman–Crippen LogP) is 4.44. The van der Waals surface area contributed by atoms with E-state index >= 15 is 0 Å². The molecule has 0 radical (unpaired) electrons. The first-order valence-electron chi connectivity index (χ1n) is 8.50. The molecule has 0 saturated carbocycles. The third-order valence-corrected chi connectivity index (χ3v) is 6.02. The average Bonchev–Trinajstić information content (AvgIpc) is 2.69. The fraction of sp³-hybridized carbons (Fsp3) is 0.150. The zero-order chi connectivity index (χ0) is 22.0. The Morgan fingerprint density at radius 2 is 1.97 bits per heavy atom. The Balaban J connectivity index is 1.89. The molecule has 2 aromatic carbocycles. The van der Waals surface area contributed by atoms with Gasteiger partial charge in [-0.2, -0.15) is 0 Å². The number of benzene rings is 2. The summed E-state index contributed by atoms with van der Waals surface area (Å²) in [6.07, 6.45) is 1.49. The molecular formula is C20H15Cl2IN2O4S. The monoisotopic (exact) mass is 576 g/mol. The molecular weight excluding hydrogens is 562 g/mol. The summed E-state index contributed by atoms with van der Waals surface area (Å²) in [7, 11) is 3.01. The van der Waals surface area contributed by atoms with Gasteiger partial charge in [0.15, 0.2) is 16.6 Å². The van der Waals surface area contributed by atoms with Gasteiger partial charge >= 0.3 is 0 Å². The second-order valence-corrected chi connectivity index (χ2v) is 8.63. The molecule has 0 aromatic heterocycles. The molecule has 2 amide bonds. The van der Waals surface area contributed by atoms with Crippen LogP contribution in [-0.2, 0) is 16.2 Å². The molecule has 1 heterocycles. The highest BCUT2D eigenvalue weighted by molar-refractivity contribution is 14.1. The van der Waals surface area contributed by atoms with Gasteiger partial charge in [-0.25, -0.2) is 0 Å². The van der Waals surface area contributed by atoms with Gasteiger partial charge in [0.1, 0.15) is 12.2 Å². The maximum atomic E-state index is 12.4. The zero-order valence-electron chi connectivity index (χ0n) is 15.8. The van der Waals surface area contributed by atoms with Gasteiger partial charge < -0.3 is 9.47 Å². The summed E-state index contributed by atoms with van der Waals surface area (Å²) in [5, 5.41) is 3.59. The number of ether oxygens (including phenoxy) is 2. The van der Waals surface area contributed by atoms with Crippen molar-refractivity contribution in [1.29, 1.82) is 0 Å². The molecule has 0 atom stereocenters. The van der Waals surface area contributed by atoms with Gasteiger partial charge in [-0.05, 0) is 70.7 Å². The van der Waals surface area contributed by atoms with E-state index in [0.29, 0.717) is 27.1 Å². The summed E-state index contributed by atoms with van der Waals surface area (Å²) < 4.78 is 12.1. The maximum absolute atomic E-state index is 12.4. The molecule has 1 fully saturated rings. The van der Waals surface area contributed by atoms with E-state index in [0.717, 1.165) is 9.13 Å². The summed E-state index contributed by atoms with van der Waals surface area (Å²) in [4.78, 5) is 25.8. The normalized spacial score (nSPS) is 15.4. The predicted molar refractivity (Wildman–Crippen MR) is 128 cm³/mol. The van der Waals surface area contributed by atoms with Crippen molar-refractivity contribution in [3.8, 4) is 11.5 Å². The number of amides is 2.